The van der Waals surface area contributed by atoms with Crippen molar-refractivity contribution in [1.82, 2.24) is 0 Å². The molecule has 2 aromatic carbocycles. The topological polar surface area (TPSA) is 69.4 Å². The number of benzene rings is 2. The molecule has 0 aromatic heterocycles. The molecule has 0 aliphatic rings. The fraction of sp³-hybridized carbons (Fsp3) is 0.235. The van der Waals surface area contributed by atoms with Crippen LogP contribution in [0.2, 0.25) is 0 Å². The number of carbonyl (C=O) groups is 1. The van der Waals surface area contributed by atoms with Crippen LogP contribution < -0.4 is 0 Å². The third-order valence-corrected chi connectivity index (χ3v) is 3.48. The number of hydrogen-bond donors (Lipinski definition) is 0. The Hall–Kier alpha value is -2.90. The van der Waals surface area contributed by atoms with Crippen LogP contribution in [0.1, 0.15) is 16.7 Å². The fourth-order valence-electron chi connectivity index (χ4n) is 2.33. The van der Waals surface area contributed by atoms with Crippen LogP contribution in [0.4, 0.5) is 18.9 Å². The van der Waals surface area contributed by atoms with E-state index in [1.807, 2.05) is 0 Å². The van der Waals surface area contributed by atoms with Gasteiger partial charge in [-0.3, -0.25) is 14.9 Å². The summed E-state index contributed by atoms with van der Waals surface area (Å²) in [6.07, 6.45) is -4.97. The Morgan fingerprint density at radius 3 is 2.28 bits per heavy atom. The molecule has 0 N–H and O–H groups in total. The molecule has 25 heavy (non-hydrogen) atoms. The summed E-state index contributed by atoms with van der Waals surface area (Å²) in [5, 5.41) is 10.9. The zero-order chi connectivity index (χ0) is 18.4. The number of hydrogen-bond acceptors (Lipinski definition) is 4. The van der Waals surface area contributed by atoms with Crippen molar-refractivity contribution in [2.45, 2.75) is 19.0 Å². The van der Waals surface area contributed by atoms with Gasteiger partial charge in [-0.15, -0.1) is 0 Å². The molecule has 0 bridgehead atoms. The number of carbonyl (C=O) groups excluding carboxylic acids is 1. The van der Waals surface area contributed by atoms with E-state index in [2.05, 4.69) is 0 Å². The summed E-state index contributed by atoms with van der Waals surface area (Å²) < 4.78 is 43.6. The number of para-hydroxylation sites is 1. The second-order valence-electron chi connectivity index (χ2n) is 5.19. The first-order valence-corrected chi connectivity index (χ1v) is 7.32. The smallest absolute Gasteiger partial charge is 0.416 e. The maximum atomic E-state index is 12.9. The molecule has 0 saturated carbocycles. The van der Waals surface area contributed by atoms with Crippen LogP contribution in [-0.4, -0.2) is 17.5 Å². The molecule has 0 heterocycles. The van der Waals surface area contributed by atoms with Gasteiger partial charge in [0.05, 0.1) is 23.5 Å². The molecule has 0 amide bonds. The summed E-state index contributed by atoms with van der Waals surface area (Å²) >= 11 is 0. The maximum Gasteiger partial charge on any atom is 0.416 e. The van der Waals surface area contributed by atoms with E-state index in [0.717, 1.165) is 6.07 Å². The second-order valence-corrected chi connectivity index (χ2v) is 5.19. The zero-order valence-corrected chi connectivity index (χ0v) is 13.0. The number of rotatable bonds is 6. The van der Waals surface area contributed by atoms with Crippen molar-refractivity contribution >= 4 is 11.7 Å². The summed E-state index contributed by atoms with van der Waals surface area (Å²) in [6.45, 7) is -0.155. The number of nitro benzene ring substituents is 1. The Labute approximate surface area is 141 Å². The van der Waals surface area contributed by atoms with Crippen LogP contribution >= 0.6 is 0 Å². The Bertz CT molecular complexity index is 774. The van der Waals surface area contributed by atoms with Crippen molar-refractivity contribution in [2.75, 3.05) is 6.61 Å². The number of alkyl halides is 3. The third kappa shape index (κ3) is 5.03. The van der Waals surface area contributed by atoms with Crippen LogP contribution in [0, 0.1) is 10.1 Å². The standard InChI is InChI=1S/C17H14F3NO4/c18-17(19,20)14-7-3-1-6-13(14)11-16(22)25-10-9-12-5-2-4-8-15(12)21(23)24/h1-8H,9-11H2. The minimum absolute atomic E-state index is 0.0963. The van der Waals surface area contributed by atoms with E-state index >= 15 is 0 Å². The van der Waals surface area contributed by atoms with Crippen molar-refractivity contribution in [3.63, 3.8) is 0 Å². The van der Waals surface area contributed by atoms with Crippen molar-refractivity contribution in [3.8, 4) is 0 Å². The van der Waals surface area contributed by atoms with E-state index in [1.165, 1.54) is 36.4 Å². The lowest BCUT2D eigenvalue weighted by Crippen LogP contribution is -2.15. The molecule has 0 aliphatic carbocycles. The van der Waals surface area contributed by atoms with Crippen LogP contribution in [0.15, 0.2) is 48.5 Å². The molecule has 0 aliphatic heterocycles. The average molecular weight is 353 g/mol. The number of nitrogens with zero attached hydrogens (tertiary/aromatic N) is 1. The van der Waals surface area contributed by atoms with Crippen molar-refractivity contribution in [1.29, 1.82) is 0 Å². The molecule has 5 nitrogen and oxygen atoms in total. The molecule has 0 atom stereocenters. The van der Waals surface area contributed by atoms with Crippen LogP contribution in [0.3, 0.4) is 0 Å². The molecular formula is C17H14F3NO4. The molecule has 0 radical (unpaired) electrons. The van der Waals surface area contributed by atoms with Gasteiger partial charge in [0.1, 0.15) is 0 Å². The Kier molecular flexibility index (Phi) is 5.74. The van der Waals surface area contributed by atoms with E-state index in [9.17, 15) is 28.1 Å². The normalized spacial score (nSPS) is 11.2. The monoisotopic (exact) mass is 353 g/mol. The lowest BCUT2D eigenvalue weighted by molar-refractivity contribution is -0.385. The van der Waals surface area contributed by atoms with E-state index < -0.39 is 29.1 Å². The van der Waals surface area contributed by atoms with Crippen molar-refractivity contribution in [3.05, 3.63) is 75.3 Å². The van der Waals surface area contributed by atoms with E-state index in [-0.39, 0.29) is 24.3 Å². The highest BCUT2D eigenvalue weighted by molar-refractivity contribution is 5.73. The molecule has 0 unspecified atom stereocenters. The molecule has 0 fully saturated rings. The predicted molar refractivity (Wildman–Crippen MR) is 82.9 cm³/mol. The second kappa shape index (κ2) is 7.78. The molecule has 0 saturated heterocycles. The van der Waals surface area contributed by atoms with E-state index in [0.29, 0.717) is 5.56 Å². The predicted octanol–water partition coefficient (Wildman–Crippen LogP) is 3.94. The summed E-state index contributed by atoms with van der Waals surface area (Å²) in [4.78, 5) is 22.1. The van der Waals surface area contributed by atoms with Gasteiger partial charge in [0, 0.05) is 18.1 Å². The third-order valence-electron chi connectivity index (χ3n) is 3.48. The summed E-state index contributed by atoms with van der Waals surface area (Å²) in [6, 6.07) is 10.8. The lowest BCUT2D eigenvalue weighted by Gasteiger charge is -2.12. The number of esters is 1. The highest BCUT2D eigenvalue weighted by Crippen LogP contribution is 2.32. The molecule has 132 valence electrons. The summed E-state index contributed by atoms with van der Waals surface area (Å²) in [5.74, 6) is -0.824. The van der Waals surface area contributed by atoms with Gasteiger partial charge in [-0.25, -0.2) is 0 Å². The molecule has 8 heteroatoms. The van der Waals surface area contributed by atoms with Gasteiger partial charge in [0.2, 0.25) is 0 Å². The fourth-order valence-corrected chi connectivity index (χ4v) is 2.33. The molecular weight excluding hydrogens is 339 g/mol. The van der Waals surface area contributed by atoms with Gasteiger partial charge in [-0.1, -0.05) is 36.4 Å². The van der Waals surface area contributed by atoms with Gasteiger partial charge < -0.3 is 4.74 Å². The Morgan fingerprint density at radius 1 is 1.04 bits per heavy atom. The minimum atomic E-state index is -4.55. The first kappa shape index (κ1) is 18.4. The number of ether oxygens (including phenoxy) is 1. The van der Waals surface area contributed by atoms with Crippen molar-refractivity contribution < 1.29 is 27.6 Å². The van der Waals surface area contributed by atoms with Crippen molar-refractivity contribution in [2.24, 2.45) is 0 Å². The Morgan fingerprint density at radius 2 is 1.64 bits per heavy atom. The van der Waals surface area contributed by atoms with Gasteiger partial charge in [0.25, 0.3) is 5.69 Å². The van der Waals surface area contributed by atoms with Gasteiger partial charge in [-0.05, 0) is 11.6 Å². The van der Waals surface area contributed by atoms with Gasteiger partial charge in [-0.2, -0.15) is 13.2 Å². The largest absolute Gasteiger partial charge is 0.465 e. The first-order chi connectivity index (χ1) is 11.8. The van der Waals surface area contributed by atoms with E-state index in [1.54, 1.807) is 6.07 Å². The quantitative estimate of drug-likeness (QED) is 0.448. The average Bonchev–Trinajstić information content (AvgIpc) is 2.54. The van der Waals surface area contributed by atoms with Crippen LogP contribution in [0.5, 0.6) is 0 Å². The van der Waals surface area contributed by atoms with Gasteiger partial charge in [0.15, 0.2) is 0 Å². The van der Waals surface area contributed by atoms with E-state index in [4.69, 9.17) is 4.74 Å². The van der Waals surface area contributed by atoms with Gasteiger partial charge >= 0.3 is 12.1 Å². The summed E-state index contributed by atoms with van der Waals surface area (Å²) in [5.41, 5.74) is -0.770. The highest BCUT2D eigenvalue weighted by atomic mass is 19.4. The molecule has 0 spiro atoms. The molecule has 2 rings (SSSR count). The Balaban J connectivity index is 1.96. The SMILES string of the molecule is O=C(Cc1ccccc1C(F)(F)F)OCCc1ccccc1[N+](=O)[O-]. The lowest BCUT2D eigenvalue weighted by atomic mass is 10.0. The first-order valence-electron chi connectivity index (χ1n) is 7.32. The highest BCUT2D eigenvalue weighted by Gasteiger charge is 2.33. The van der Waals surface area contributed by atoms with Crippen LogP contribution in [-0.2, 0) is 28.5 Å². The number of nitro groups is 1. The minimum Gasteiger partial charge on any atom is -0.465 e. The zero-order valence-electron chi connectivity index (χ0n) is 13.0. The number of halogens is 3. The van der Waals surface area contributed by atoms with Crippen LogP contribution in [0.25, 0.3) is 0 Å². The maximum absolute atomic E-state index is 12.9. The molecule has 2 aromatic rings. The summed E-state index contributed by atoms with van der Waals surface area (Å²) in [7, 11) is 0.